The predicted octanol–water partition coefficient (Wildman–Crippen LogP) is -0.306. The van der Waals surface area contributed by atoms with Crippen LogP contribution in [0.3, 0.4) is 0 Å². The molecule has 0 fully saturated rings. The van der Waals surface area contributed by atoms with Gasteiger partial charge in [0.1, 0.15) is 0 Å². The van der Waals surface area contributed by atoms with Crippen molar-refractivity contribution < 1.29 is 9.50 Å². The highest BCUT2D eigenvalue weighted by Gasteiger charge is 2.06. The monoisotopic (exact) mass is 201 g/mol. The zero-order valence-corrected chi connectivity index (χ0v) is 7.66. The van der Waals surface area contributed by atoms with Gasteiger partial charge in [0.15, 0.2) is 11.6 Å². The van der Waals surface area contributed by atoms with E-state index < -0.39 is 11.9 Å². The van der Waals surface area contributed by atoms with Crippen molar-refractivity contribution in [3.05, 3.63) is 12.0 Å². The number of hydrazine groups is 1. The molecule has 7 heteroatoms. The molecule has 0 bridgehead atoms. The highest BCUT2D eigenvalue weighted by atomic mass is 19.1. The van der Waals surface area contributed by atoms with Crippen molar-refractivity contribution in [3.8, 4) is 0 Å². The Labute approximate surface area is 80.3 Å². The summed E-state index contributed by atoms with van der Waals surface area (Å²) in [4.78, 5) is 7.28. The molecule has 0 aliphatic rings. The van der Waals surface area contributed by atoms with Crippen LogP contribution in [0.1, 0.15) is 6.92 Å². The predicted molar refractivity (Wildman–Crippen MR) is 50.0 cm³/mol. The first-order valence-corrected chi connectivity index (χ1v) is 4.04. The van der Waals surface area contributed by atoms with Crippen LogP contribution < -0.4 is 16.6 Å². The number of anilines is 2. The molecule has 1 aromatic rings. The van der Waals surface area contributed by atoms with Crippen LogP contribution in [0, 0.1) is 5.82 Å². The molecule has 0 aromatic carbocycles. The molecule has 0 saturated carbocycles. The van der Waals surface area contributed by atoms with Crippen molar-refractivity contribution in [2.24, 2.45) is 5.84 Å². The molecule has 6 nitrogen and oxygen atoms in total. The summed E-state index contributed by atoms with van der Waals surface area (Å²) >= 11 is 0. The summed E-state index contributed by atoms with van der Waals surface area (Å²) in [7, 11) is 0. The van der Waals surface area contributed by atoms with Crippen LogP contribution in [0.2, 0.25) is 0 Å². The van der Waals surface area contributed by atoms with Crippen molar-refractivity contribution in [2.45, 2.75) is 13.0 Å². The minimum Gasteiger partial charge on any atom is -0.392 e. The Morgan fingerprint density at radius 2 is 2.43 bits per heavy atom. The highest BCUT2D eigenvalue weighted by Crippen LogP contribution is 2.10. The SMILES string of the molecule is CC(O)CNc1nc(NN)ncc1F. The first-order chi connectivity index (χ1) is 6.63. The average Bonchev–Trinajstić information content (AvgIpc) is 2.16. The number of rotatable bonds is 4. The first kappa shape index (κ1) is 10.6. The lowest BCUT2D eigenvalue weighted by Gasteiger charge is -2.08. The number of nitrogens with zero attached hydrogens (tertiary/aromatic N) is 2. The fourth-order valence-corrected chi connectivity index (χ4v) is 0.805. The van der Waals surface area contributed by atoms with E-state index in [0.29, 0.717) is 0 Å². The Balaban J connectivity index is 2.73. The topological polar surface area (TPSA) is 96.1 Å². The van der Waals surface area contributed by atoms with Gasteiger partial charge in [0, 0.05) is 6.54 Å². The van der Waals surface area contributed by atoms with Crippen LogP contribution in [0.5, 0.6) is 0 Å². The Morgan fingerprint density at radius 3 is 3.00 bits per heavy atom. The van der Waals surface area contributed by atoms with Gasteiger partial charge in [0.05, 0.1) is 12.3 Å². The van der Waals surface area contributed by atoms with Crippen molar-refractivity contribution in [3.63, 3.8) is 0 Å². The number of nitrogens with one attached hydrogen (secondary N) is 2. The second-order valence-corrected chi connectivity index (χ2v) is 2.76. The quantitative estimate of drug-likeness (QED) is 0.394. The van der Waals surface area contributed by atoms with Gasteiger partial charge >= 0.3 is 0 Å². The normalized spacial score (nSPS) is 12.3. The molecule has 5 N–H and O–H groups in total. The third-order valence-electron chi connectivity index (χ3n) is 1.44. The molecule has 0 aliphatic carbocycles. The summed E-state index contributed by atoms with van der Waals surface area (Å²) in [6.45, 7) is 1.78. The first-order valence-electron chi connectivity index (χ1n) is 4.04. The van der Waals surface area contributed by atoms with Crippen LogP contribution in [-0.4, -0.2) is 27.7 Å². The van der Waals surface area contributed by atoms with E-state index in [4.69, 9.17) is 10.9 Å². The van der Waals surface area contributed by atoms with E-state index in [-0.39, 0.29) is 18.3 Å². The maximum absolute atomic E-state index is 13.0. The van der Waals surface area contributed by atoms with E-state index >= 15 is 0 Å². The molecule has 0 saturated heterocycles. The summed E-state index contributed by atoms with van der Waals surface area (Å²) < 4.78 is 13.0. The lowest BCUT2D eigenvalue weighted by molar-refractivity contribution is 0.208. The molecule has 1 heterocycles. The molecule has 14 heavy (non-hydrogen) atoms. The van der Waals surface area contributed by atoms with Crippen LogP contribution in [0.4, 0.5) is 16.2 Å². The minimum atomic E-state index is -0.593. The molecule has 0 radical (unpaired) electrons. The van der Waals surface area contributed by atoms with E-state index in [1.807, 2.05) is 0 Å². The number of nitrogen functional groups attached to an aromatic ring is 1. The van der Waals surface area contributed by atoms with Crippen LogP contribution >= 0.6 is 0 Å². The van der Waals surface area contributed by atoms with Crippen molar-refractivity contribution in [1.82, 2.24) is 9.97 Å². The van der Waals surface area contributed by atoms with E-state index in [2.05, 4.69) is 20.7 Å². The van der Waals surface area contributed by atoms with E-state index in [1.54, 1.807) is 6.92 Å². The van der Waals surface area contributed by atoms with Gasteiger partial charge in [0.25, 0.3) is 0 Å². The number of aromatic nitrogens is 2. The Morgan fingerprint density at radius 1 is 1.71 bits per heavy atom. The van der Waals surface area contributed by atoms with Gasteiger partial charge in [-0.2, -0.15) is 4.98 Å². The maximum atomic E-state index is 13.0. The summed E-state index contributed by atoms with van der Waals surface area (Å²) in [5, 5.41) is 11.6. The van der Waals surface area contributed by atoms with Crippen molar-refractivity contribution >= 4 is 11.8 Å². The Bertz CT molecular complexity index is 306. The van der Waals surface area contributed by atoms with Gasteiger partial charge in [0.2, 0.25) is 5.95 Å². The van der Waals surface area contributed by atoms with Gasteiger partial charge in [-0.15, -0.1) is 0 Å². The number of hydrogen-bond acceptors (Lipinski definition) is 6. The summed E-state index contributed by atoms with van der Waals surface area (Å²) in [6, 6.07) is 0. The molecule has 0 amide bonds. The van der Waals surface area contributed by atoms with Crippen molar-refractivity contribution in [2.75, 3.05) is 17.3 Å². The van der Waals surface area contributed by atoms with Gasteiger partial charge in [-0.25, -0.2) is 15.2 Å². The summed E-state index contributed by atoms with van der Waals surface area (Å²) in [6.07, 6.45) is 0.408. The third-order valence-corrected chi connectivity index (χ3v) is 1.44. The van der Waals surface area contributed by atoms with Gasteiger partial charge < -0.3 is 10.4 Å². The molecular weight excluding hydrogens is 189 g/mol. The Kier molecular flexibility index (Phi) is 3.55. The van der Waals surface area contributed by atoms with Gasteiger partial charge in [-0.05, 0) is 6.92 Å². The molecule has 1 rings (SSSR count). The number of aliphatic hydroxyl groups is 1. The molecule has 1 atom stereocenters. The third kappa shape index (κ3) is 2.79. The number of aliphatic hydroxyl groups excluding tert-OH is 1. The molecule has 1 aromatic heterocycles. The zero-order valence-electron chi connectivity index (χ0n) is 7.66. The summed E-state index contributed by atoms with van der Waals surface area (Å²) in [5.74, 6) is 4.58. The van der Waals surface area contributed by atoms with Crippen LogP contribution in [-0.2, 0) is 0 Å². The average molecular weight is 201 g/mol. The molecule has 78 valence electrons. The summed E-state index contributed by atoms with van der Waals surface area (Å²) in [5.41, 5.74) is 2.19. The van der Waals surface area contributed by atoms with E-state index in [0.717, 1.165) is 6.20 Å². The zero-order chi connectivity index (χ0) is 10.6. The second-order valence-electron chi connectivity index (χ2n) is 2.76. The Hall–Kier alpha value is -1.47. The maximum Gasteiger partial charge on any atom is 0.239 e. The lowest BCUT2D eigenvalue weighted by Crippen LogP contribution is -2.18. The highest BCUT2D eigenvalue weighted by molar-refractivity contribution is 5.40. The molecule has 0 aliphatic heterocycles. The van der Waals surface area contributed by atoms with E-state index in [9.17, 15) is 4.39 Å². The fraction of sp³-hybridized carbons (Fsp3) is 0.429. The van der Waals surface area contributed by atoms with Crippen LogP contribution in [0.25, 0.3) is 0 Å². The van der Waals surface area contributed by atoms with Gasteiger partial charge in [-0.3, -0.25) is 5.43 Å². The van der Waals surface area contributed by atoms with Crippen molar-refractivity contribution in [1.29, 1.82) is 0 Å². The van der Waals surface area contributed by atoms with Crippen LogP contribution in [0.15, 0.2) is 6.20 Å². The van der Waals surface area contributed by atoms with Gasteiger partial charge in [-0.1, -0.05) is 0 Å². The fourth-order valence-electron chi connectivity index (χ4n) is 0.805. The smallest absolute Gasteiger partial charge is 0.239 e. The standard InChI is InChI=1S/C7H12FN5O/c1-4(14)2-10-6-5(8)3-11-7(12-6)13-9/h3-4,14H,2,9H2,1H3,(H2,10,11,12,13). The van der Waals surface area contributed by atoms with E-state index in [1.165, 1.54) is 0 Å². The minimum absolute atomic E-state index is 0.00819. The lowest BCUT2D eigenvalue weighted by atomic mass is 10.4. The number of hydrogen-bond donors (Lipinski definition) is 4. The number of nitrogens with two attached hydrogens (primary N) is 1. The largest absolute Gasteiger partial charge is 0.392 e. The molecular formula is C7H12FN5O. The molecule has 1 unspecified atom stereocenters. The molecule has 0 spiro atoms. The number of halogens is 1. The second kappa shape index (κ2) is 4.68.